The zero-order chi connectivity index (χ0) is 22.9. The van der Waals surface area contributed by atoms with Crippen molar-refractivity contribution in [2.24, 2.45) is 16.1 Å². The molecule has 0 spiro atoms. The summed E-state index contributed by atoms with van der Waals surface area (Å²) in [6.07, 6.45) is -0.507. The topological polar surface area (TPSA) is 121 Å². The van der Waals surface area contributed by atoms with E-state index in [2.05, 4.69) is 20.3 Å². The van der Waals surface area contributed by atoms with E-state index in [9.17, 15) is 18.0 Å². The molecule has 2 aliphatic heterocycles. The van der Waals surface area contributed by atoms with Crippen molar-refractivity contribution in [2.75, 3.05) is 31.7 Å². The molecular weight excluding hydrogens is 431 g/mol. The van der Waals surface area contributed by atoms with Gasteiger partial charge in [0.2, 0.25) is 5.88 Å². The first-order valence-corrected chi connectivity index (χ1v) is 9.63. The summed E-state index contributed by atoms with van der Waals surface area (Å²) in [5.41, 5.74) is 4.43. The molecule has 12 heteroatoms. The second kappa shape index (κ2) is 8.26. The first kappa shape index (κ1) is 21.8. The van der Waals surface area contributed by atoms with Crippen LogP contribution in [0.2, 0.25) is 0 Å². The Hall–Kier alpha value is -3.41. The maximum atomic E-state index is 14.9. The Morgan fingerprint density at radius 1 is 1.28 bits per heavy atom. The molecule has 3 heterocycles. The number of halogens is 3. The van der Waals surface area contributed by atoms with Crippen molar-refractivity contribution in [2.45, 2.75) is 18.9 Å². The Morgan fingerprint density at radius 2 is 2.09 bits per heavy atom. The maximum Gasteiger partial charge on any atom is 0.282 e. The van der Waals surface area contributed by atoms with Gasteiger partial charge >= 0.3 is 0 Å². The molecule has 2 aromatic rings. The third kappa shape index (κ3) is 3.93. The van der Waals surface area contributed by atoms with Crippen molar-refractivity contribution in [1.82, 2.24) is 9.97 Å². The van der Waals surface area contributed by atoms with Gasteiger partial charge in [-0.1, -0.05) is 6.92 Å². The Labute approximate surface area is 180 Å². The van der Waals surface area contributed by atoms with Crippen LogP contribution in [0, 0.1) is 11.2 Å². The molecule has 170 valence electrons. The molecule has 32 heavy (non-hydrogen) atoms. The Morgan fingerprint density at radius 3 is 2.81 bits per heavy atom. The van der Waals surface area contributed by atoms with Crippen molar-refractivity contribution >= 4 is 17.6 Å². The number of anilines is 1. The quantitative estimate of drug-likeness (QED) is 0.690. The number of rotatable bonds is 6. The molecule has 1 aromatic heterocycles. The van der Waals surface area contributed by atoms with Crippen molar-refractivity contribution in [3.63, 3.8) is 0 Å². The average molecular weight is 451 g/mol. The van der Waals surface area contributed by atoms with E-state index in [-0.39, 0.29) is 42.1 Å². The van der Waals surface area contributed by atoms with E-state index >= 15 is 0 Å². The average Bonchev–Trinajstić information content (AvgIpc) is 3.11. The van der Waals surface area contributed by atoms with Crippen LogP contribution in [0.4, 0.5) is 18.9 Å². The van der Waals surface area contributed by atoms with Crippen LogP contribution >= 0.6 is 0 Å². The predicted molar refractivity (Wildman–Crippen MR) is 106 cm³/mol. The number of alkyl halides is 2. The first-order chi connectivity index (χ1) is 15.2. The number of amides is 1. The highest BCUT2D eigenvalue weighted by atomic mass is 19.3. The summed E-state index contributed by atoms with van der Waals surface area (Å²) in [6.45, 7) is 1.64. The molecular formula is C20H20F3N5O4. The number of hydrogen-bond acceptors (Lipinski definition) is 8. The van der Waals surface area contributed by atoms with Gasteiger partial charge in [-0.2, -0.15) is 0 Å². The molecule has 2 atom stereocenters. The lowest BCUT2D eigenvalue weighted by Crippen LogP contribution is -2.50. The lowest BCUT2D eigenvalue weighted by atomic mass is 9.69. The van der Waals surface area contributed by atoms with Gasteiger partial charge in [0.05, 0.1) is 31.0 Å². The van der Waals surface area contributed by atoms with Crippen LogP contribution in [0.5, 0.6) is 5.88 Å². The van der Waals surface area contributed by atoms with E-state index in [1.54, 1.807) is 0 Å². The van der Waals surface area contributed by atoms with E-state index in [0.29, 0.717) is 6.61 Å². The van der Waals surface area contributed by atoms with Crippen molar-refractivity contribution in [3.05, 3.63) is 47.7 Å². The van der Waals surface area contributed by atoms with Crippen LogP contribution in [0.15, 0.2) is 35.6 Å². The zero-order valence-electron chi connectivity index (χ0n) is 17.0. The summed E-state index contributed by atoms with van der Waals surface area (Å²) < 4.78 is 55.0. The van der Waals surface area contributed by atoms with E-state index in [1.807, 2.05) is 6.92 Å². The van der Waals surface area contributed by atoms with E-state index in [0.717, 1.165) is 12.4 Å². The zero-order valence-corrected chi connectivity index (χ0v) is 17.0. The van der Waals surface area contributed by atoms with Crippen molar-refractivity contribution in [1.29, 1.82) is 0 Å². The highest BCUT2D eigenvalue weighted by molar-refractivity contribution is 6.02. The summed E-state index contributed by atoms with van der Waals surface area (Å²) in [4.78, 5) is 24.6. The highest BCUT2D eigenvalue weighted by Gasteiger charge is 2.58. The number of carbonyl (C=O) groups excluding carboxylic acids is 1. The number of carbonyl (C=O) groups is 1. The standard InChI is InChI=1S/C20H20F3N5O4/c1-19-8-30-10-20(19,28-18(24)32-9-19)12-4-11(2-3-13(12)21)27-17(29)14-5-26-16(6-25-14)31-7-15(22)23/h2-6,15H,7-10H2,1H3,(H2,24,28)(H,27,29)/t19-,20+/m0/s1. The molecule has 4 rings (SSSR count). The van der Waals surface area contributed by atoms with Gasteiger partial charge in [0, 0.05) is 11.3 Å². The van der Waals surface area contributed by atoms with Crippen molar-refractivity contribution < 1.29 is 32.2 Å². The number of ether oxygens (including phenoxy) is 3. The second-order valence-corrected chi connectivity index (χ2v) is 7.74. The first-order valence-electron chi connectivity index (χ1n) is 9.63. The normalized spacial score (nSPS) is 24.5. The van der Waals surface area contributed by atoms with Crippen LogP contribution in [0.25, 0.3) is 0 Å². The Balaban J connectivity index is 1.57. The SMILES string of the molecule is C[C@@]12COC[C@]1(c1cc(NC(=O)c3cnc(OCC(F)F)cn3)ccc1F)N=C(N)OC2. The summed E-state index contributed by atoms with van der Waals surface area (Å²) >= 11 is 0. The molecule has 0 saturated carbocycles. The summed E-state index contributed by atoms with van der Waals surface area (Å²) in [7, 11) is 0. The molecule has 1 saturated heterocycles. The second-order valence-electron chi connectivity index (χ2n) is 7.74. The number of nitrogens with zero attached hydrogens (tertiary/aromatic N) is 3. The molecule has 1 fully saturated rings. The highest BCUT2D eigenvalue weighted by Crippen LogP contribution is 2.51. The Bertz CT molecular complexity index is 1050. The number of fused-ring (bicyclic) bond motifs is 1. The van der Waals surface area contributed by atoms with E-state index in [4.69, 9.17) is 19.9 Å². The minimum Gasteiger partial charge on any atom is -0.470 e. The van der Waals surface area contributed by atoms with Crippen LogP contribution in [0.1, 0.15) is 23.0 Å². The lowest BCUT2D eigenvalue weighted by molar-refractivity contribution is 0.0665. The van der Waals surface area contributed by atoms with E-state index < -0.39 is 35.7 Å². The maximum absolute atomic E-state index is 14.9. The minimum absolute atomic E-state index is 0.0637. The number of amidine groups is 1. The monoisotopic (exact) mass is 451 g/mol. The minimum atomic E-state index is -2.66. The number of hydrogen-bond donors (Lipinski definition) is 2. The fourth-order valence-electron chi connectivity index (χ4n) is 3.73. The van der Waals surface area contributed by atoms with Gasteiger partial charge in [-0.05, 0) is 18.2 Å². The van der Waals surface area contributed by atoms with Crippen LogP contribution in [-0.4, -0.2) is 54.7 Å². The third-order valence-electron chi connectivity index (χ3n) is 5.46. The molecule has 9 nitrogen and oxygen atoms in total. The van der Waals surface area contributed by atoms with Crippen molar-refractivity contribution in [3.8, 4) is 5.88 Å². The number of aliphatic imine (C=N–C) groups is 1. The molecule has 0 aliphatic carbocycles. The smallest absolute Gasteiger partial charge is 0.282 e. The summed E-state index contributed by atoms with van der Waals surface area (Å²) in [6, 6.07) is 4.01. The third-order valence-corrected chi connectivity index (χ3v) is 5.46. The number of nitrogens with one attached hydrogen (secondary N) is 1. The molecule has 1 amide bonds. The summed E-state index contributed by atoms with van der Waals surface area (Å²) in [5, 5.41) is 2.61. The van der Waals surface area contributed by atoms with Gasteiger partial charge < -0.3 is 25.3 Å². The largest absolute Gasteiger partial charge is 0.470 e. The van der Waals surface area contributed by atoms with Gasteiger partial charge in [-0.15, -0.1) is 0 Å². The predicted octanol–water partition coefficient (Wildman–Crippen LogP) is 2.09. The summed E-state index contributed by atoms with van der Waals surface area (Å²) in [5.74, 6) is -1.30. The molecule has 0 unspecified atom stereocenters. The van der Waals surface area contributed by atoms with E-state index in [1.165, 1.54) is 18.2 Å². The molecule has 0 bridgehead atoms. The van der Waals surface area contributed by atoms with Gasteiger partial charge in [0.1, 0.15) is 23.7 Å². The number of benzene rings is 1. The van der Waals surface area contributed by atoms with Crippen LogP contribution < -0.4 is 15.8 Å². The fourth-order valence-corrected chi connectivity index (χ4v) is 3.73. The van der Waals surface area contributed by atoms with Gasteiger partial charge in [0.15, 0.2) is 6.61 Å². The molecule has 0 radical (unpaired) electrons. The lowest BCUT2D eigenvalue weighted by Gasteiger charge is -2.42. The number of nitrogens with two attached hydrogens (primary N) is 1. The Kier molecular flexibility index (Phi) is 5.63. The van der Waals surface area contributed by atoms with Gasteiger partial charge in [-0.25, -0.2) is 28.1 Å². The molecule has 1 aromatic carbocycles. The van der Waals surface area contributed by atoms with Gasteiger partial charge in [0.25, 0.3) is 18.4 Å². The number of aromatic nitrogens is 2. The van der Waals surface area contributed by atoms with Crippen LogP contribution in [-0.2, 0) is 15.0 Å². The molecule has 3 N–H and O–H groups in total. The molecule has 2 aliphatic rings. The van der Waals surface area contributed by atoms with Gasteiger partial charge in [-0.3, -0.25) is 4.79 Å². The fraction of sp³-hybridized carbons (Fsp3) is 0.400. The van der Waals surface area contributed by atoms with Crippen LogP contribution in [0.3, 0.4) is 0 Å².